The Labute approximate surface area is 153 Å². The fourth-order valence-corrected chi connectivity index (χ4v) is 1.88. The van der Waals surface area contributed by atoms with Crippen LogP contribution in [0.3, 0.4) is 0 Å². The molecule has 0 aromatic heterocycles. The van der Waals surface area contributed by atoms with Gasteiger partial charge in [0.1, 0.15) is 0 Å². The number of nitrogens with zero attached hydrogens (tertiary/aromatic N) is 1. The number of para-hydroxylation sites is 1. The van der Waals surface area contributed by atoms with E-state index in [2.05, 4.69) is 10.3 Å². The van der Waals surface area contributed by atoms with Crippen molar-refractivity contribution in [2.45, 2.75) is 12.5 Å². The molecule has 4 nitrogen and oxygen atoms in total. The zero-order chi connectivity index (χ0) is 14.9. The molecule has 0 amide bonds. The minimum Gasteiger partial charge on any atom is -1.00 e. The summed E-state index contributed by atoms with van der Waals surface area (Å²) >= 11 is 0. The van der Waals surface area contributed by atoms with Crippen molar-refractivity contribution in [3.63, 3.8) is 0 Å². The van der Waals surface area contributed by atoms with Crippen LogP contribution in [0.5, 0.6) is 5.75 Å². The first-order valence-electron chi connectivity index (χ1n) is 6.97. The summed E-state index contributed by atoms with van der Waals surface area (Å²) in [5, 5.41) is 26.1. The Balaban J connectivity index is 0.00000242. The average Bonchev–Trinajstić information content (AvgIpc) is 2.50. The van der Waals surface area contributed by atoms with Crippen LogP contribution in [-0.2, 0) is 17.1 Å². The predicted molar refractivity (Wildman–Crippen MR) is 81.1 cm³/mol. The number of nitrogens with one attached hydrogen (secondary N) is 1. The van der Waals surface area contributed by atoms with E-state index in [1.165, 1.54) is 6.07 Å². The third-order valence-electron chi connectivity index (χ3n) is 3.04. The van der Waals surface area contributed by atoms with E-state index in [4.69, 9.17) is 0 Å². The van der Waals surface area contributed by atoms with E-state index in [1.807, 2.05) is 18.2 Å². The molecule has 0 aliphatic heterocycles. The Morgan fingerprint density at radius 2 is 2.00 bits per heavy atom. The molecule has 23 heavy (non-hydrogen) atoms. The molecule has 0 bridgehead atoms. The Morgan fingerprint density at radius 3 is 2.74 bits per heavy atom. The van der Waals surface area contributed by atoms with Gasteiger partial charge in [-0.05, 0) is 23.8 Å². The molecule has 1 atom stereocenters. The van der Waals surface area contributed by atoms with Gasteiger partial charge in [0.2, 0.25) is 0 Å². The van der Waals surface area contributed by atoms with E-state index in [0.717, 1.165) is 18.5 Å². The van der Waals surface area contributed by atoms with Crippen LogP contribution in [0.15, 0.2) is 65.3 Å². The minimum atomic E-state index is -0.783. The van der Waals surface area contributed by atoms with Crippen molar-refractivity contribution in [3.8, 4) is 5.75 Å². The largest absolute Gasteiger partial charge is 3.00 e. The van der Waals surface area contributed by atoms with E-state index in [1.54, 1.807) is 36.7 Å². The zero-order valence-corrected chi connectivity index (χ0v) is 14.3. The van der Waals surface area contributed by atoms with Crippen LogP contribution in [-0.4, -0.2) is 25.4 Å². The smallest absolute Gasteiger partial charge is 1.00 e. The number of allylic oxidation sites excluding steroid dienone is 2. The van der Waals surface area contributed by atoms with Crippen LogP contribution in [0.2, 0.25) is 0 Å². The van der Waals surface area contributed by atoms with Crippen molar-refractivity contribution in [2.24, 2.45) is 4.99 Å². The van der Waals surface area contributed by atoms with Gasteiger partial charge in [0.05, 0.1) is 0 Å². The van der Waals surface area contributed by atoms with E-state index < -0.39 is 6.10 Å². The van der Waals surface area contributed by atoms with Gasteiger partial charge in [0, 0.05) is 19.3 Å². The summed E-state index contributed by atoms with van der Waals surface area (Å²) in [4.78, 5) is 4.23. The predicted octanol–water partition coefficient (Wildman–Crippen LogP) is -2.10. The van der Waals surface area contributed by atoms with Gasteiger partial charge in [-0.15, -0.1) is 5.75 Å². The second-order valence-corrected chi connectivity index (χ2v) is 4.69. The number of rotatable bonds is 6. The van der Waals surface area contributed by atoms with Gasteiger partial charge in [0.25, 0.3) is 0 Å². The molecule has 1 unspecified atom stereocenters. The molecule has 0 saturated carbocycles. The SMILES string of the molecule is [Cl-].[Fe+3].[O-]c1ccccc1C=NCCCN/C=C1/C=CC=CC1[O-]. The molecule has 1 aromatic rings. The number of hydrogen-bond acceptors (Lipinski definition) is 4. The number of halogens is 1. The van der Waals surface area contributed by atoms with Gasteiger partial charge in [-0.25, -0.2) is 0 Å². The molecule has 0 spiro atoms. The van der Waals surface area contributed by atoms with Crippen LogP contribution in [0.25, 0.3) is 0 Å². The molecular formula is C17H18ClFeN2O2. The summed E-state index contributed by atoms with van der Waals surface area (Å²) in [6.45, 7) is 1.38. The molecule has 123 valence electrons. The van der Waals surface area contributed by atoms with E-state index in [0.29, 0.717) is 12.1 Å². The Kier molecular flexibility index (Phi) is 11.2. The first kappa shape index (κ1) is 21.5. The van der Waals surface area contributed by atoms with Gasteiger partial charge in [-0.1, -0.05) is 54.7 Å². The summed E-state index contributed by atoms with van der Waals surface area (Å²) < 4.78 is 0. The second-order valence-electron chi connectivity index (χ2n) is 4.69. The molecule has 0 heterocycles. The standard InChI is InChI=1S/C17H19N2O2.ClH.Fe/c20-16-8-3-1-6-14(16)12-18-10-5-11-19-13-15-7-2-4-9-17(15)21;;/h1-4,6-9,12-13,16,18,21H,5,10-11H2;1H;/q-1;;+3/p-2/b14-12-,19-13?;;. The maximum atomic E-state index is 11.5. The van der Waals surface area contributed by atoms with Gasteiger partial charge < -0.3 is 27.9 Å². The zero-order valence-electron chi connectivity index (χ0n) is 12.5. The summed E-state index contributed by atoms with van der Waals surface area (Å²) in [7, 11) is 0. The van der Waals surface area contributed by atoms with Crippen LogP contribution in [0, 0.1) is 0 Å². The molecule has 1 aliphatic rings. The van der Waals surface area contributed by atoms with Crippen molar-refractivity contribution in [2.75, 3.05) is 13.1 Å². The van der Waals surface area contributed by atoms with E-state index in [9.17, 15) is 10.2 Å². The quantitative estimate of drug-likeness (QED) is 0.353. The fraction of sp³-hybridized carbons (Fsp3) is 0.235. The number of benzene rings is 1. The Bertz CT molecular complexity index is 586. The number of hydrogen-bond donors (Lipinski definition) is 1. The average molecular weight is 374 g/mol. The Hall–Kier alpha value is -1.52. The third-order valence-corrected chi connectivity index (χ3v) is 3.04. The van der Waals surface area contributed by atoms with E-state index in [-0.39, 0.29) is 35.2 Å². The van der Waals surface area contributed by atoms with Gasteiger partial charge in [-0.3, -0.25) is 4.99 Å². The van der Waals surface area contributed by atoms with Crippen molar-refractivity contribution in [3.05, 3.63) is 65.9 Å². The van der Waals surface area contributed by atoms with E-state index >= 15 is 0 Å². The first-order valence-corrected chi connectivity index (χ1v) is 6.97. The van der Waals surface area contributed by atoms with Crippen molar-refractivity contribution in [1.82, 2.24) is 5.32 Å². The summed E-state index contributed by atoms with van der Waals surface area (Å²) in [6.07, 6.45) is 10.5. The summed E-state index contributed by atoms with van der Waals surface area (Å²) in [6, 6.07) is 6.82. The molecule has 6 heteroatoms. The normalized spacial score (nSPS) is 17.8. The second kappa shape index (κ2) is 12.0. The molecule has 1 radical (unpaired) electrons. The van der Waals surface area contributed by atoms with Crippen LogP contribution in [0.4, 0.5) is 0 Å². The number of aliphatic imine (C=N–C) groups is 1. The maximum absolute atomic E-state index is 11.5. The monoisotopic (exact) mass is 373 g/mol. The van der Waals surface area contributed by atoms with Crippen LogP contribution in [0.1, 0.15) is 12.0 Å². The van der Waals surface area contributed by atoms with Crippen molar-refractivity contribution >= 4 is 6.21 Å². The summed E-state index contributed by atoms with van der Waals surface area (Å²) in [5.41, 5.74) is 1.35. The summed E-state index contributed by atoms with van der Waals surface area (Å²) in [5.74, 6) is -0.0114. The van der Waals surface area contributed by atoms with Crippen molar-refractivity contribution in [1.29, 1.82) is 0 Å². The molecule has 2 rings (SSSR count). The molecular weight excluding hydrogens is 355 g/mol. The maximum Gasteiger partial charge on any atom is 3.00 e. The Morgan fingerprint density at radius 1 is 1.22 bits per heavy atom. The van der Waals surface area contributed by atoms with Gasteiger partial charge >= 0.3 is 17.1 Å². The van der Waals surface area contributed by atoms with Gasteiger partial charge in [-0.2, -0.15) is 0 Å². The van der Waals surface area contributed by atoms with Crippen LogP contribution < -0.4 is 27.9 Å². The van der Waals surface area contributed by atoms with Crippen molar-refractivity contribution < 1.29 is 39.7 Å². The topological polar surface area (TPSA) is 70.5 Å². The molecule has 0 saturated heterocycles. The fourth-order valence-electron chi connectivity index (χ4n) is 1.88. The first-order chi connectivity index (χ1) is 10.3. The third kappa shape index (κ3) is 7.53. The van der Waals surface area contributed by atoms with Crippen LogP contribution >= 0.6 is 0 Å². The molecule has 1 aromatic carbocycles. The van der Waals surface area contributed by atoms with Gasteiger partial charge in [0.15, 0.2) is 0 Å². The molecule has 1 N–H and O–H groups in total. The molecule has 0 fully saturated rings. The molecule has 1 aliphatic carbocycles. The minimum absolute atomic E-state index is 0.